The molecule has 0 fully saturated rings. The SMILES string of the molecule is CC.Cn1cc(NC(=O)c2coc(-c3ccnc(N(CC(F)(F)F)C(=O)OC(C)(C)C)c3)n2)c(C(=O)O)n1. The maximum absolute atomic E-state index is 13.2. The van der Waals surface area contributed by atoms with Crippen LogP contribution in [0.2, 0.25) is 0 Å². The Hall–Kier alpha value is -4.43. The van der Waals surface area contributed by atoms with Crippen LogP contribution in [-0.4, -0.2) is 61.1 Å². The highest BCUT2D eigenvalue weighted by Gasteiger charge is 2.36. The molecule has 0 saturated heterocycles. The number of nitrogens with zero attached hydrogens (tertiary/aromatic N) is 5. The number of carbonyl (C=O) groups is 3. The number of hydrogen-bond donors (Lipinski definition) is 2. The van der Waals surface area contributed by atoms with Gasteiger partial charge in [0.15, 0.2) is 11.4 Å². The minimum atomic E-state index is -4.75. The minimum absolute atomic E-state index is 0.0779. The van der Waals surface area contributed by atoms with Gasteiger partial charge in [-0.25, -0.2) is 19.6 Å². The molecule has 0 aromatic carbocycles. The van der Waals surface area contributed by atoms with E-state index in [-0.39, 0.29) is 34.3 Å². The molecule has 0 spiro atoms. The number of carboxylic acid groups (broad SMARTS) is 1. The summed E-state index contributed by atoms with van der Waals surface area (Å²) in [7, 11) is 1.47. The standard InChI is InChI=1S/C21H21F3N6O6.C2H6/c1-20(2,3)36-19(34)30(10-21(22,23)24)14-7-11(5-6-25-14)17-27-13(9-35-17)16(31)26-12-8-29(4)28-15(12)18(32)33;1-2/h5-9H,10H2,1-4H3,(H,26,31)(H,32,33);1-2H3. The predicted molar refractivity (Wildman–Crippen MR) is 129 cm³/mol. The van der Waals surface area contributed by atoms with E-state index in [1.807, 2.05) is 13.8 Å². The van der Waals surface area contributed by atoms with Crippen LogP contribution in [0.1, 0.15) is 55.6 Å². The second-order valence-corrected chi connectivity index (χ2v) is 8.45. The first-order chi connectivity index (χ1) is 17.6. The molecule has 2 N–H and O–H groups in total. The van der Waals surface area contributed by atoms with Crippen molar-refractivity contribution in [1.29, 1.82) is 0 Å². The molecule has 0 aliphatic heterocycles. The van der Waals surface area contributed by atoms with E-state index in [1.165, 1.54) is 44.8 Å². The van der Waals surface area contributed by atoms with Crippen molar-refractivity contribution < 1.29 is 41.8 Å². The van der Waals surface area contributed by atoms with E-state index < -0.39 is 36.3 Å². The van der Waals surface area contributed by atoms with Gasteiger partial charge in [-0.3, -0.25) is 14.4 Å². The second-order valence-electron chi connectivity index (χ2n) is 8.45. The third kappa shape index (κ3) is 8.04. The van der Waals surface area contributed by atoms with Gasteiger partial charge in [-0.1, -0.05) is 13.8 Å². The van der Waals surface area contributed by atoms with Crippen LogP contribution < -0.4 is 10.2 Å². The monoisotopic (exact) mass is 540 g/mol. The van der Waals surface area contributed by atoms with Crippen LogP contribution in [0, 0.1) is 0 Å². The number of aromatic nitrogens is 4. The largest absolute Gasteiger partial charge is 0.476 e. The fourth-order valence-electron chi connectivity index (χ4n) is 2.87. The maximum Gasteiger partial charge on any atom is 0.416 e. The number of nitrogens with one attached hydrogen (secondary N) is 1. The smallest absolute Gasteiger partial charge is 0.416 e. The first kappa shape index (κ1) is 29.8. The number of carbonyl (C=O) groups excluding carboxylic acids is 2. The van der Waals surface area contributed by atoms with Crippen molar-refractivity contribution in [2.24, 2.45) is 7.05 Å². The van der Waals surface area contributed by atoms with Gasteiger partial charge in [0.05, 0.1) is 5.69 Å². The topological polar surface area (TPSA) is 153 Å². The Bertz CT molecular complexity index is 1300. The number of ether oxygens (including phenoxy) is 1. The molecule has 0 aliphatic carbocycles. The van der Waals surface area contributed by atoms with E-state index in [0.717, 1.165) is 18.5 Å². The van der Waals surface area contributed by atoms with E-state index in [1.54, 1.807) is 0 Å². The number of aryl methyl sites for hydroxylation is 1. The van der Waals surface area contributed by atoms with Crippen molar-refractivity contribution in [2.75, 3.05) is 16.8 Å². The van der Waals surface area contributed by atoms with Gasteiger partial charge in [-0.05, 0) is 32.9 Å². The number of anilines is 2. The van der Waals surface area contributed by atoms with E-state index >= 15 is 0 Å². The van der Waals surface area contributed by atoms with Crippen LogP contribution in [0.25, 0.3) is 11.5 Å². The summed E-state index contributed by atoms with van der Waals surface area (Å²) in [6, 6.07) is 2.47. The molecule has 0 bridgehead atoms. The van der Waals surface area contributed by atoms with Gasteiger partial charge in [0.25, 0.3) is 5.91 Å². The molecule has 206 valence electrons. The summed E-state index contributed by atoms with van der Waals surface area (Å²) in [5.41, 5.74) is -1.66. The Morgan fingerprint density at radius 1 is 1.21 bits per heavy atom. The van der Waals surface area contributed by atoms with Crippen LogP contribution in [0.5, 0.6) is 0 Å². The number of carboxylic acids is 1. The normalized spacial score (nSPS) is 11.3. The Balaban J connectivity index is 0.00000247. The third-order valence-electron chi connectivity index (χ3n) is 4.24. The Morgan fingerprint density at radius 3 is 2.45 bits per heavy atom. The number of oxazole rings is 1. The molecule has 3 aromatic heterocycles. The van der Waals surface area contributed by atoms with E-state index in [0.29, 0.717) is 4.90 Å². The lowest BCUT2D eigenvalue weighted by Gasteiger charge is -2.27. The summed E-state index contributed by atoms with van der Waals surface area (Å²) in [4.78, 5) is 44.4. The average Bonchev–Trinajstić information content (AvgIpc) is 3.44. The van der Waals surface area contributed by atoms with Gasteiger partial charge in [0, 0.05) is 25.0 Å². The number of alkyl halides is 3. The van der Waals surface area contributed by atoms with Gasteiger partial charge in [0.2, 0.25) is 5.89 Å². The van der Waals surface area contributed by atoms with Crippen LogP contribution in [0.15, 0.2) is 35.2 Å². The predicted octanol–water partition coefficient (Wildman–Crippen LogP) is 4.75. The molecule has 0 aliphatic rings. The zero-order valence-corrected chi connectivity index (χ0v) is 21.5. The van der Waals surface area contributed by atoms with Crippen LogP contribution in [0.4, 0.5) is 29.5 Å². The molecular formula is C23H27F3N6O6. The van der Waals surface area contributed by atoms with Gasteiger partial charge in [0.1, 0.15) is 24.2 Å². The summed E-state index contributed by atoms with van der Waals surface area (Å²) in [6.07, 6.45) is -2.62. The quantitative estimate of drug-likeness (QED) is 0.451. The van der Waals surface area contributed by atoms with E-state index in [4.69, 9.17) is 9.15 Å². The number of rotatable bonds is 6. The number of hydrogen-bond acceptors (Lipinski definition) is 8. The fraction of sp³-hybridized carbons (Fsp3) is 0.391. The van der Waals surface area contributed by atoms with Crippen LogP contribution in [0.3, 0.4) is 0 Å². The van der Waals surface area contributed by atoms with Gasteiger partial charge < -0.3 is 19.6 Å². The van der Waals surface area contributed by atoms with Gasteiger partial charge >= 0.3 is 18.2 Å². The molecule has 12 nitrogen and oxygen atoms in total. The summed E-state index contributed by atoms with van der Waals surface area (Å²) < 4.78 is 51.0. The lowest BCUT2D eigenvalue weighted by atomic mass is 10.2. The van der Waals surface area contributed by atoms with Crippen molar-refractivity contribution in [3.8, 4) is 11.5 Å². The number of aromatic carboxylic acids is 1. The molecule has 3 heterocycles. The Morgan fingerprint density at radius 2 is 1.87 bits per heavy atom. The van der Waals surface area contributed by atoms with Gasteiger partial charge in [-0.15, -0.1) is 0 Å². The molecule has 3 rings (SSSR count). The number of pyridine rings is 1. The number of halogens is 3. The van der Waals surface area contributed by atoms with Gasteiger partial charge in [-0.2, -0.15) is 18.3 Å². The lowest BCUT2D eigenvalue weighted by Crippen LogP contribution is -2.42. The Labute approximate surface area is 215 Å². The van der Waals surface area contributed by atoms with Crippen LogP contribution >= 0.6 is 0 Å². The van der Waals surface area contributed by atoms with Crippen molar-refractivity contribution in [3.05, 3.63) is 42.2 Å². The summed E-state index contributed by atoms with van der Waals surface area (Å²) in [5, 5.41) is 15.3. The first-order valence-corrected chi connectivity index (χ1v) is 11.2. The minimum Gasteiger partial charge on any atom is -0.476 e. The highest BCUT2D eigenvalue weighted by atomic mass is 19.4. The fourth-order valence-corrected chi connectivity index (χ4v) is 2.87. The first-order valence-electron chi connectivity index (χ1n) is 11.2. The zero-order chi connectivity index (χ0) is 28.8. The second kappa shape index (κ2) is 11.7. The highest BCUT2D eigenvalue weighted by Crippen LogP contribution is 2.27. The Kier molecular flexibility index (Phi) is 9.21. The zero-order valence-electron chi connectivity index (χ0n) is 21.5. The van der Waals surface area contributed by atoms with Crippen molar-refractivity contribution >= 4 is 29.5 Å². The van der Waals surface area contributed by atoms with Crippen molar-refractivity contribution in [1.82, 2.24) is 19.7 Å². The van der Waals surface area contributed by atoms with E-state index in [2.05, 4.69) is 20.4 Å². The molecule has 0 unspecified atom stereocenters. The number of amides is 2. The molecule has 0 saturated carbocycles. The molecule has 3 aromatic rings. The van der Waals surface area contributed by atoms with Crippen LogP contribution in [-0.2, 0) is 11.8 Å². The molecular weight excluding hydrogens is 513 g/mol. The molecule has 15 heteroatoms. The molecule has 0 atom stereocenters. The summed E-state index contributed by atoms with van der Waals surface area (Å²) in [5.74, 6) is -2.72. The average molecular weight is 540 g/mol. The highest BCUT2D eigenvalue weighted by molar-refractivity contribution is 6.06. The van der Waals surface area contributed by atoms with Crippen molar-refractivity contribution in [3.63, 3.8) is 0 Å². The molecule has 38 heavy (non-hydrogen) atoms. The van der Waals surface area contributed by atoms with Crippen molar-refractivity contribution in [2.45, 2.75) is 46.4 Å². The van der Waals surface area contributed by atoms with E-state index in [9.17, 15) is 32.7 Å². The maximum atomic E-state index is 13.2. The lowest BCUT2D eigenvalue weighted by molar-refractivity contribution is -0.119. The molecule has 2 amide bonds. The summed E-state index contributed by atoms with van der Waals surface area (Å²) >= 11 is 0. The summed E-state index contributed by atoms with van der Waals surface area (Å²) in [6.45, 7) is 6.86. The molecule has 0 radical (unpaired) electrons. The third-order valence-corrected chi connectivity index (χ3v) is 4.24.